The summed E-state index contributed by atoms with van der Waals surface area (Å²) in [6.45, 7) is 6.59. The zero-order chi connectivity index (χ0) is 18.1. The Labute approximate surface area is 155 Å². The zero-order valence-electron chi connectivity index (χ0n) is 15.6. The molecule has 0 amide bonds. The summed E-state index contributed by atoms with van der Waals surface area (Å²) in [7, 11) is 0. The Balaban J connectivity index is 1.43. The molecule has 26 heavy (non-hydrogen) atoms. The maximum atomic E-state index is 5.85. The highest BCUT2D eigenvalue weighted by molar-refractivity contribution is 5.41. The zero-order valence-corrected chi connectivity index (χ0v) is 15.6. The van der Waals surface area contributed by atoms with Gasteiger partial charge in [0.05, 0.1) is 17.9 Å². The van der Waals surface area contributed by atoms with Gasteiger partial charge < -0.3 is 15.4 Å². The van der Waals surface area contributed by atoms with Crippen LogP contribution < -0.4 is 10.6 Å². The van der Waals surface area contributed by atoms with E-state index in [9.17, 15) is 0 Å². The average molecular weight is 352 g/mol. The quantitative estimate of drug-likeness (QED) is 0.915. The van der Waals surface area contributed by atoms with Crippen LogP contribution in [0.25, 0.3) is 0 Å². The fourth-order valence-corrected chi connectivity index (χ4v) is 4.20. The molecule has 2 aliphatic rings. The number of morpholine rings is 1. The first-order chi connectivity index (χ1) is 12.6. The van der Waals surface area contributed by atoms with Crippen molar-refractivity contribution in [3.8, 4) is 0 Å². The summed E-state index contributed by atoms with van der Waals surface area (Å²) in [5.74, 6) is 2.23. The monoisotopic (exact) mass is 352 g/mol. The molecule has 0 spiro atoms. The maximum absolute atomic E-state index is 5.85. The first-order valence-electron chi connectivity index (χ1n) is 9.64. The Bertz CT molecular complexity index is 749. The molecule has 2 fully saturated rings. The summed E-state index contributed by atoms with van der Waals surface area (Å²) in [5, 5.41) is 0. The van der Waals surface area contributed by atoms with Gasteiger partial charge in [0.15, 0.2) is 0 Å². The van der Waals surface area contributed by atoms with Gasteiger partial charge in [-0.15, -0.1) is 0 Å². The largest absolute Gasteiger partial charge is 0.372 e. The minimum absolute atomic E-state index is 0.251. The predicted octanol–water partition coefficient (Wildman–Crippen LogP) is 3.21. The lowest BCUT2D eigenvalue weighted by Crippen LogP contribution is -2.45. The highest BCUT2D eigenvalue weighted by Crippen LogP contribution is 2.47. The minimum Gasteiger partial charge on any atom is -0.372 e. The molecule has 1 aliphatic carbocycles. The Morgan fingerprint density at radius 3 is 2.62 bits per heavy atom. The lowest BCUT2D eigenvalue weighted by Gasteiger charge is -2.38. The Morgan fingerprint density at radius 2 is 1.88 bits per heavy atom. The van der Waals surface area contributed by atoms with E-state index in [1.54, 1.807) is 0 Å². The Kier molecular flexibility index (Phi) is 4.92. The smallest absolute Gasteiger partial charge is 0.128 e. The van der Waals surface area contributed by atoms with E-state index in [2.05, 4.69) is 54.1 Å². The molecule has 0 aromatic carbocycles. The molecule has 2 N–H and O–H groups in total. The molecule has 138 valence electrons. The van der Waals surface area contributed by atoms with E-state index in [-0.39, 0.29) is 12.2 Å². The molecule has 0 radical (unpaired) electrons. The van der Waals surface area contributed by atoms with Crippen LogP contribution in [-0.4, -0.2) is 35.3 Å². The lowest BCUT2D eigenvalue weighted by molar-refractivity contribution is -0.00547. The summed E-state index contributed by atoms with van der Waals surface area (Å²) in [6, 6.07) is 10.7. The SMILES string of the molecule is C[C@@H]1CN(c2cccc([C@H]3C[C@H](c4ccnc(CN)c4)C3)n2)C[C@H](C)O1. The van der Waals surface area contributed by atoms with Crippen molar-refractivity contribution in [3.63, 3.8) is 0 Å². The number of nitrogens with two attached hydrogens (primary N) is 1. The van der Waals surface area contributed by atoms with Gasteiger partial charge >= 0.3 is 0 Å². The summed E-state index contributed by atoms with van der Waals surface area (Å²) in [4.78, 5) is 11.6. The number of anilines is 1. The van der Waals surface area contributed by atoms with Crippen LogP contribution in [0.3, 0.4) is 0 Å². The minimum atomic E-state index is 0.251. The van der Waals surface area contributed by atoms with Crippen LogP contribution in [0.15, 0.2) is 36.5 Å². The van der Waals surface area contributed by atoms with Crippen LogP contribution in [0, 0.1) is 0 Å². The standard InChI is InChI=1S/C21H28N4O/c1-14-12-25(13-15(2)26-14)21-5-3-4-20(24-21)18-8-17(9-18)16-6-7-23-19(10-16)11-22/h3-7,10,14-15,17-18H,8-9,11-13,22H2,1-2H3/t14-,15+,17-,18-. The lowest BCUT2D eigenvalue weighted by atomic mass is 9.70. The molecular formula is C21H28N4O. The normalized spacial score (nSPS) is 28.7. The molecular weight excluding hydrogens is 324 g/mol. The molecule has 1 saturated heterocycles. The van der Waals surface area contributed by atoms with Gasteiger partial charge in [0.25, 0.3) is 0 Å². The summed E-state index contributed by atoms with van der Waals surface area (Å²) < 4.78 is 5.85. The van der Waals surface area contributed by atoms with E-state index in [1.165, 1.54) is 11.3 Å². The van der Waals surface area contributed by atoms with Crippen molar-refractivity contribution in [2.24, 2.45) is 5.73 Å². The molecule has 2 aromatic rings. The number of hydrogen-bond acceptors (Lipinski definition) is 5. The van der Waals surface area contributed by atoms with Gasteiger partial charge in [-0.05, 0) is 62.4 Å². The van der Waals surface area contributed by atoms with Gasteiger partial charge in [-0.25, -0.2) is 4.98 Å². The third-order valence-electron chi connectivity index (χ3n) is 5.58. The topological polar surface area (TPSA) is 64.3 Å². The highest BCUT2D eigenvalue weighted by Gasteiger charge is 2.33. The van der Waals surface area contributed by atoms with E-state index in [4.69, 9.17) is 15.5 Å². The first kappa shape index (κ1) is 17.4. The van der Waals surface area contributed by atoms with Crippen LogP contribution in [0.4, 0.5) is 5.82 Å². The molecule has 5 nitrogen and oxygen atoms in total. The van der Waals surface area contributed by atoms with Gasteiger partial charge in [0.1, 0.15) is 5.82 Å². The molecule has 2 atom stereocenters. The molecule has 4 rings (SSSR count). The molecule has 5 heteroatoms. The van der Waals surface area contributed by atoms with E-state index in [0.29, 0.717) is 18.4 Å². The Hall–Kier alpha value is -1.98. The summed E-state index contributed by atoms with van der Waals surface area (Å²) in [5.41, 5.74) is 9.28. The average Bonchev–Trinajstić information content (AvgIpc) is 2.60. The van der Waals surface area contributed by atoms with E-state index in [1.807, 2.05) is 6.20 Å². The van der Waals surface area contributed by atoms with E-state index in [0.717, 1.165) is 37.4 Å². The molecule has 1 saturated carbocycles. The Morgan fingerprint density at radius 1 is 1.12 bits per heavy atom. The van der Waals surface area contributed by atoms with Gasteiger partial charge in [-0.3, -0.25) is 4.98 Å². The van der Waals surface area contributed by atoms with Crippen LogP contribution in [0.5, 0.6) is 0 Å². The van der Waals surface area contributed by atoms with E-state index < -0.39 is 0 Å². The molecule has 0 bridgehead atoms. The van der Waals surface area contributed by atoms with Crippen LogP contribution in [0.1, 0.15) is 55.5 Å². The van der Waals surface area contributed by atoms with Gasteiger partial charge in [0, 0.05) is 37.4 Å². The van der Waals surface area contributed by atoms with Gasteiger partial charge in [-0.1, -0.05) is 6.07 Å². The highest BCUT2D eigenvalue weighted by atomic mass is 16.5. The van der Waals surface area contributed by atoms with Crippen molar-refractivity contribution in [2.75, 3.05) is 18.0 Å². The summed E-state index contributed by atoms with van der Waals surface area (Å²) in [6.07, 6.45) is 4.69. The van der Waals surface area contributed by atoms with Crippen molar-refractivity contribution in [2.45, 2.75) is 57.3 Å². The second kappa shape index (κ2) is 7.33. The molecule has 3 heterocycles. The van der Waals surface area contributed by atoms with Crippen LogP contribution >= 0.6 is 0 Å². The second-order valence-electron chi connectivity index (χ2n) is 7.73. The number of aromatic nitrogens is 2. The van der Waals surface area contributed by atoms with Crippen molar-refractivity contribution < 1.29 is 4.74 Å². The third-order valence-corrected chi connectivity index (χ3v) is 5.58. The fourth-order valence-electron chi connectivity index (χ4n) is 4.20. The molecule has 1 aliphatic heterocycles. The maximum Gasteiger partial charge on any atom is 0.128 e. The number of rotatable bonds is 4. The fraction of sp³-hybridized carbons (Fsp3) is 0.524. The van der Waals surface area contributed by atoms with Crippen molar-refractivity contribution in [1.82, 2.24) is 9.97 Å². The van der Waals surface area contributed by atoms with Crippen molar-refractivity contribution >= 4 is 5.82 Å². The van der Waals surface area contributed by atoms with Crippen molar-refractivity contribution in [1.29, 1.82) is 0 Å². The molecule has 2 aromatic heterocycles. The predicted molar refractivity (Wildman–Crippen MR) is 103 cm³/mol. The number of nitrogens with zero attached hydrogens (tertiary/aromatic N) is 3. The van der Waals surface area contributed by atoms with Crippen molar-refractivity contribution in [3.05, 3.63) is 53.5 Å². The third kappa shape index (κ3) is 3.60. The van der Waals surface area contributed by atoms with Gasteiger partial charge in [-0.2, -0.15) is 0 Å². The first-order valence-corrected chi connectivity index (χ1v) is 9.64. The summed E-state index contributed by atoms with van der Waals surface area (Å²) >= 11 is 0. The van der Waals surface area contributed by atoms with Crippen LogP contribution in [0.2, 0.25) is 0 Å². The number of ether oxygens (including phenoxy) is 1. The number of hydrogen-bond donors (Lipinski definition) is 1. The van der Waals surface area contributed by atoms with Crippen LogP contribution in [-0.2, 0) is 11.3 Å². The molecule has 0 unspecified atom stereocenters. The van der Waals surface area contributed by atoms with E-state index >= 15 is 0 Å². The second-order valence-corrected chi connectivity index (χ2v) is 7.73. The van der Waals surface area contributed by atoms with Gasteiger partial charge in [0.2, 0.25) is 0 Å². The number of pyridine rings is 2.